The van der Waals surface area contributed by atoms with E-state index in [2.05, 4.69) is 15.0 Å². The third kappa shape index (κ3) is 3.74. The van der Waals surface area contributed by atoms with Gasteiger partial charge in [0.2, 0.25) is 5.88 Å². The first-order chi connectivity index (χ1) is 13.7. The van der Waals surface area contributed by atoms with Crippen molar-refractivity contribution in [1.29, 1.82) is 0 Å². The zero-order chi connectivity index (χ0) is 20.8. The minimum Gasteiger partial charge on any atom is -0.444 e. The zero-order valence-electron chi connectivity index (χ0n) is 16.8. The number of fused-ring (bicyclic) bond motifs is 2. The molecule has 0 saturated carbocycles. The number of nitrogens with zero attached hydrogens (tertiary/aromatic N) is 3. The predicted molar refractivity (Wildman–Crippen MR) is 105 cm³/mol. The summed E-state index contributed by atoms with van der Waals surface area (Å²) < 4.78 is 26.1. The van der Waals surface area contributed by atoms with Crippen LogP contribution < -0.4 is 4.74 Å². The Bertz CT molecular complexity index is 1070. The molecule has 7 nitrogen and oxygen atoms in total. The first-order valence-corrected chi connectivity index (χ1v) is 9.49. The number of amides is 1. The van der Waals surface area contributed by atoms with Crippen LogP contribution in [0.3, 0.4) is 0 Å². The highest BCUT2D eigenvalue weighted by Gasteiger charge is 2.33. The summed E-state index contributed by atoms with van der Waals surface area (Å²) in [7, 11) is 0. The van der Waals surface area contributed by atoms with Gasteiger partial charge in [-0.25, -0.2) is 19.2 Å². The van der Waals surface area contributed by atoms with Gasteiger partial charge < -0.3 is 14.5 Å². The topological polar surface area (TPSA) is 80.3 Å². The van der Waals surface area contributed by atoms with Gasteiger partial charge in [0, 0.05) is 28.7 Å². The molecule has 0 unspecified atom stereocenters. The van der Waals surface area contributed by atoms with Crippen LogP contribution in [0, 0.1) is 5.82 Å². The normalized spacial score (nSPS) is 16.6. The molecular weight excluding hydrogens is 375 g/mol. The summed E-state index contributed by atoms with van der Waals surface area (Å²) >= 11 is 0. The minimum absolute atomic E-state index is 0.0974. The SMILES string of the molecule is C[C@H]1Cc2c(ncnc2Oc2ccc3[nH]ccc3c2F)CN1C(=O)OC(C)(C)C. The molecule has 0 aliphatic carbocycles. The number of aromatic amines is 1. The summed E-state index contributed by atoms with van der Waals surface area (Å²) in [6, 6.07) is 4.85. The molecule has 1 amide bonds. The lowest BCUT2D eigenvalue weighted by molar-refractivity contribution is 0.0133. The molecule has 152 valence electrons. The molecule has 0 bridgehead atoms. The van der Waals surface area contributed by atoms with Crippen LogP contribution >= 0.6 is 0 Å². The van der Waals surface area contributed by atoms with Gasteiger partial charge in [-0.05, 0) is 52.3 Å². The fourth-order valence-corrected chi connectivity index (χ4v) is 3.41. The van der Waals surface area contributed by atoms with Crippen LogP contribution in [0.15, 0.2) is 30.7 Å². The van der Waals surface area contributed by atoms with E-state index in [1.54, 1.807) is 29.3 Å². The van der Waals surface area contributed by atoms with Gasteiger partial charge in [-0.2, -0.15) is 0 Å². The Balaban J connectivity index is 1.62. The smallest absolute Gasteiger partial charge is 0.410 e. The Labute approximate surface area is 167 Å². The van der Waals surface area contributed by atoms with Crippen LogP contribution in [0.2, 0.25) is 0 Å². The maximum atomic E-state index is 14.8. The molecule has 2 aromatic heterocycles. The summed E-state index contributed by atoms with van der Waals surface area (Å²) in [5.74, 6) is -0.0462. The molecule has 4 rings (SSSR count). The standard InChI is InChI=1S/C21H23FN4O3/c1-12-9-14-16(10-26(12)20(27)29-21(2,3)4)24-11-25-19(14)28-17-6-5-15-13(18(17)22)7-8-23-15/h5-8,11-12,23H,9-10H2,1-4H3/t12-/m0/s1. The van der Waals surface area contributed by atoms with Crippen molar-refractivity contribution in [3.63, 3.8) is 0 Å². The Kier molecular flexibility index (Phi) is 4.64. The van der Waals surface area contributed by atoms with E-state index in [-0.39, 0.29) is 24.4 Å². The number of halogens is 1. The Morgan fingerprint density at radius 3 is 2.83 bits per heavy atom. The molecule has 0 spiro atoms. The van der Waals surface area contributed by atoms with Gasteiger partial charge in [0.15, 0.2) is 11.6 Å². The third-order valence-corrected chi connectivity index (χ3v) is 4.81. The molecule has 3 heterocycles. The molecule has 1 aliphatic rings. The monoisotopic (exact) mass is 398 g/mol. The van der Waals surface area contributed by atoms with E-state index >= 15 is 0 Å². The molecule has 1 N–H and O–H groups in total. The quantitative estimate of drug-likeness (QED) is 0.684. The van der Waals surface area contributed by atoms with Crippen molar-refractivity contribution < 1.29 is 18.7 Å². The van der Waals surface area contributed by atoms with Crippen molar-refractivity contribution in [3.8, 4) is 11.6 Å². The van der Waals surface area contributed by atoms with E-state index in [4.69, 9.17) is 9.47 Å². The number of hydrogen-bond acceptors (Lipinski definition) is 5. The molecule has 1 aromatic carbocycles. The summed E-state index contributed by atoms with van der Waals surface area (Å²) in [6.07, 6.45) is 3.14. The van der Waals surface area contributed by atoms with Crippen molar-refractivity contribution in [3.05, 3.63) is 47.8 Å². The van der Waals surface area contributed by atoms with Crippen LogP contribution in [0.5, 0.6) is 11.6 Å². The van der Waals surface area contributed by atoms with Crippen LogP contribution in [-0.2, 0) is 17.7 Å². The number of carbonyl (C=O) groups excluding carboxylic acids is 1. The molecule has 8 heteroatoms. The van der Waals surface area contributed by atoms with Gasteiger partial charge in [-0.1, -0.05) is 0 Å². The fourth-order valence-electron chi connectivity index (χ4n) is 3.41. The van der Waals surface area contributed by atoms with E-state index in [0.29, 0.717) is 28.9 Å². The maximum Gasteiger partial charge on any atom is 0.410 e. The highest BCUT2D eigenvalue weighted by atomic mass is 19.1. The van der Waals surface area contributed by atoms with Gasteiger partial charge in [-0.15, -0.1) is 0 Å². The number of H-pyrrole nitrogens is 1. The van der Waals surface area contributed by atoms with E-state index < -0.39 is 11.4 Å². The van der Waals surface area contributed by atoms with Crippen molar-refractivity contribution in [1.82, 2.24) is 19.9 Å². The second kappa shape index (κ2) is 7.02. The van der Waals surface area contributed by atoms with Crippen molar-refractivity contribution in [2.75, 3.05) is 0 Å². The first-order valence-electron chi connectivity index (χ1n) is 9.49. The number of aromatic nitrogens is 3. The molecule has 3 aromatic rings. The third-order valence-electron chi connectivity index (χ3n) is 4.81. The Morgan fingerprint density at radius 1 is 1.28 bits per heavy atom. The lowest BCUT2D eigenvalue weighted by atomic mass is 10.00. The summed E-state index contributed by atoms with van der Waals surface area (Å²) in [5, 5.41) is 0.454. The van der Waals surface area contributed by atoms with Crippen molar-refractivity contribution >= 4 is 17.0 Å². The maximum absolute atomic E-state index is 14.8. The molecule has 29 heavy (non-hydrogen) atoms. The molecule has 1 atom stereocenters. The van der Waals surface area contributed by atoms with Gasteiger partial charge in [0.1, 0.15) is 11.9 Å². The van der Waals surface area contributed by atoms with E-state index in [0.717, 1.165) is 5.56 Å². The van der Waals surface area contributed by atoms with Crippen LogP contribution in [0.4, 0.5) is 9.18 Å². The lowest BCUT2D eigenvalue weighted by Crippen LogP contribution is -2.45. The summed E-state index contributed by atoms with van der Waals surface area (Å²) in [5.41, 5.74) is 1.56. The summed E-state index contributed by atoms with van der Waals surface area (Å²) in [6.45, 7) is 7.70. The first kappa shape index (κ1) is 19.2. The Hall–Kier alpha value is -3.16. The van der Waals surface area contributed by atoms with Gasteiger partial charge in [0.05, 0.1) is 12.2 Å². The molecule has 0 radical (unpaired) electrons. The van der Waals surface area contributed by atoms with Gasteiger partial charge in [-0.3, -0.25) is 4.90 Å². The molecular formula is C21H23FN4O3. The van der Waals surface area contributed by atoms with Crippen molar-refractivity contribution in [2.45, 2.75) is 52.3 Å². The van der Waals surface area contributed by atoms with Gasteiger partial charge >= 0.3 is 6.09 Å². The summed E-state index contributed by atoms with van der Waals surface area (Å²) in [4.78, 5) is 25.7. The highest BCUT2D eigenvalue weighted by Crippen LogP contribution is 2.34. The van der Waals surface area contributed by atoms with E-state index in [1.165, 1.54) is 6.33 Å². The second-order valence-electron chi connectivity index (χ2n) is 8.18. The van der Waals surface area contributed by atoms with Crippen LogP contribution in [0.1, 0.15) is 39.0 Å². The van der Waals surface area contributed by atoms with E-state index in [1.807, 2.05) is 27.7 Å². The lowest BCUT2D eigenvalue weighted by Gasteiger charge is -2.35. The number of ether oxygens (including phenoxy) is 2. The molecule has 1 aliphatic heterocycles. The fraction of sp³-hybridized carbons (Fsp3) is 0.381. The number of carbonyl (C=O) groups is 1. The van der Waals surface area contributed by atoms with Crippen LogP contribution in [-0.4, -0.2) is 37.6 Å². The second-order valence-corrected chi connectivity index (χ2v) is 8.18. The Morgan fingerprint density at radius 2 is 2.07 bits per heavy atom. The predicted octanol–water partition coefficient (Wildman–Crippen LogP) is 4.57. The van der Waals surface area contributed by atoms with Gasteiger partial charge in [0.25, 0.3) is 0 Å². The average Bonchev–Trinajstić information content (AvgIpc) is 3.12. The highest BCUT2D eigenvalue weighted by molar-refractivity contribution is 5.81. The average molecular weight is 398 g/mol. The van der Waals surface area contributed by atoms with E-state index in [9.17, 15) is 9.18 Å². The zero-order valence-corrected chi connectivity index (χ0v) is 16.8. The molecule has 0 saturated heterocycles. The van der Waals surface area contributed by atoms with Crippen LogP contribution in [0.25, 0.3) is 10.9 Å². The largest absolute Gasteiger partial charge is 0.444 e. The molecule has 0 fully saturated rings. The number of hydrogen-bond donors (Lipinski definition) is 1. The number of nitrogens with one attached hydrogen (secondary N) is 1. The number of benzene rings is 1. The number of rotatable bonds is 2. The van der Waals surface area contributed by atoms with Crippen molar-refractivity contribution in [2.24, 2.45) is 0 Å². The minimum atomic E-state index is -0.578.